The first-order valence-electron chi connectivity index (χ1n) is 14.8. The van der Waals surface area contributed by atoms with E-state index >= 15 is 0 Å². The number of aliphatic hydroxyl groups excluding tert-OH is 1. The van der Waals surface area contributed by atoms with Gasteiger partial charge in [-0.25, -0.2) is 14.3 Å². The van der Waals surface area contributed by atoms with Gasteiger partial charge in [0.05, 0.1) is 5.69 Å². The highest BCUT2D eigenvalue weighted by atomic mass is 16.6. The number of nitrogens with zero attached hydrogens (tertiary/aromatic N) is 4. The molecule has 4 rings (SSSR count). The Morgan fingerprint density at radius 3 is 2.60 bits per heavy atom. The molecule has 14 heteroatoms. The Balaban J connectivity index is 1.62. The summed E-state index contributed by atoms with van der Waals surface area (Å²) in [6.45, 7) is 6.75. The van der Waals surface area contributed by atoms with E-state index in [-0.39, 0.29) is 42.4 Å². The van der Waals surface area contributed by atoms with Gasteiger partial charge in [-0.2, -0.15) is 10.4 Å². The van der Waals surface area contributed by atoms with Gasteiger partial charge >= 0.3 is 18.0 Å². The van der Waals surface area contributed by atoms with Crippen LogP contribution < -0.4 is 16.4 Å². The summed E-state index contributed by atoms with van der Waals surface area (Å²) in [5.41, 5.74) is 4.32. The average Bonchev–Trinajstić information content (AvgIpc) is 3.52. The fraction of sp³-hybridized carbons (Fsp3) is 0.655. The molecule has 234 valence electrons. The predicted molar refractivity (Wildman–Crippen MR) is 153 cm³/mol. The molecule has 1 aliphatic heterocycles. The number of nitrogens with one attached hydrogen (secondary N) is 2. The van der Waals surface area contributed by atoms with Crippen molar-refractivity contribution in [3.8, 4) is 6.07 Å². The van der Waals surface area contributed by atoms with Gasteiger partial charge in [0.15, 0.2) is 11.9 Å². The zero-order valence-corrected chi connectivity index (χ0v) is 25.0. The van der Waals surface area contributed by atoms with E-state index in [1.165, 1.54) is 16.9 Å². The van der Waals surface area contributed by atoms with Gasteiger partial charge in [-0.3, -0.25) is 14.9 Å². The summed E-state index contributed by atoms with van der Waals surface area (Å²) in [6.07, 6.45) is 2.36. The molecule has 0 unspecified atom stereocenters. The van der Waals surface area contributed by atoms with Crippen molar-refractivity contribution >= 4 is 29.3 Å². The van der Waals surface area contributed by atoms with E-state index in [1.54, 1.807) is 33.8 Å². The van der Waals surface area contributed by atoms with Crippen molar-refractivity contribution in [3.63, 3.8) is 0 Å². The highest BCUT2D eigenvalue weighted by Crippen LogP contribution is 2.42. The number of urea groups is 1. The van der Waals surface area contributed by atoms with Crippen LogP contribution in [0.1, 0.15) is 71.9 Å². The minimum atomic E-state index is -2.09. The normalized spacial score (nSPS) is 25.0. The van der Waals surface area contributed by atoms with Crippen LogP contribution in [0.25, 0.3) is 5.52 Å². The maximum atomic E-state index is 12.9. The molecule has 0 radical (unpaired) electrons. The minimum absolute atomic E-state index is 0.0949. The number of carbonyl (C=O) groups excluding carboxylic acids is 3. The highest BCUT2D eigenvalue weighted by molar-refractivity contribution is 5.92. The molecule has 1 aliphatic carbocycles. The van der Waals surface area contributed by atoms with E-state index in [4.69, 9.17) is 19.9 Å². The fourth-order valence-electron chi connectivity index (χ4n) is 5.50. The third-order valence-electron chi connectivity index (χ3n) is 7.91. The van der Waals surface area contributed by atoms with E-state index in [1.807, 2.05) is 6.07 Å². The average molecular weight is 600 g/mol. The predicted octanol–water partition coefficient (Wildman–Crippen LogP) is 2.15. The van der Waals surface area contributed by atoms with Gasteiger partial charge in [0.2, 0.25) is 5.60 Å². The van der Waals surface area contributed by atoms with E-state index in [0.717, 1.165) is 32.1 Å². The number of nitrogens with two attached hydrogens (primary N) is 1. The van der Waals surface area contributed by atoms with Gasteiger partial charge in [-0.1, -0.05) is 33.1 Å². The van der Waals surface area contributed by atoms with Crippen molar-refractivity contribution in [3.05, 3.63) is 24.2 Å². The maximum Gasteiger partial charge on any atom is 0.323 e. The van der Waals surface area contributed by atoms with Crippen LogP contribution >= 0.6 is 0 Å². The van der Waals surface area contributed by atoms with Crippen LogP contribution in [-0.4, -0.2) is 74.7 Å². The van der Waals surface area contributed by atoms with Gasteiger partial charge < -0.3 is 30.4 Å². The first-order chi connectivity index (χ1) is 20.5. The molecule has 2 aliphatic rings. The lowest BCUT2D eigenvalue weighted by molar-refractivity contribution is -0.162. The van der Waals surface area contributed by atoms with Gasteiger partial charge in [0.25, 0.3) is 0 Å². The monoisotopic (exact) mass is 599 g/mol. The summed E-state index contributed by atoms with van der Waals surface area (Å²) in [7, 11) is 0. The van der Waals surface area contributed by atoms with Crippen molar-refractivity contribution in [1.82, 2.24) is 19.9 Å². The molecule has 0 bridgehead atoms. The summed E-state index contributed by atoms with van der Waals surface area (Å²) >= 11 is 0. The Labute approximate surface area is 250 Å². The van der Waals surface area contributed by atoms with E-state index in [9.17, 15) is 24.8 Å². The number of hydrogen-bond acceptors (Lipinski definition) is 11. The van der Waals surface area contributed by atoms with Gasteiger partial charge in [0.1, 0.15) is 42.8 Å². The van der Waals surface area contributed by atoms with Gasteiger partial charge in [-0.15, -0.1) is 0 Å². The molecule has 5 atom stereocenters. The zero-order chi connectivity index (χ0) is 31.3. The molecule has 3 heterocycles. The zero-order valence-electron chi connectivity index (χ0n) is 25.0. The third kappa shape index (κ3) is 7.06. The molecule has 1 saturated carbocycles. The Kier molecular flexibility index (Phi) is 10.2. The molecule has 2 aromatic heterocycles. The van der Waals surface area contributed by atoms with Crippen LogP contribution in [0.3, 0.4) is 0 Å². The Hall–Kier alpha value is -3.80. The summed E-state index contributed by atoms with van der Waals surface area (Å²) in [5, 5.41) is 31.6. The van der Waals surface area contributed by atoms with E-state index in [2.05, 4.69) is 20.7 Å². The van der Waals surface area contributed by atoms with Crippen LogP contribution in [0.2, 0.25) is 0 Å². The number of nitriles is 1. The van der Waals surface area contributed by atoms with Crippen molar-refractivity contribution in [1.29, 1.82) is 5.26 Å². The number of carbonyl (C=O) groups is 3. The lowest BCUT2D eigenvalue weighted by Gasteiger charge is -2.25. The summed E-state index contributed by atoms with van der Waals surface area (Å²) in [5.74, 6) is -1.09. The number of esters is 2. The molecule has 2 aromatic rings. The number of fused-ring (bicyclic) bond motifs is 1. The van der Waals surface area contributed by atoms with Crippen LogP contribution in [0, 0.1) is 23.2 Å². The largest absolute Gasteiger partial charge is 0.463 e. The van der Waals surface area contributed by atoms with Crippen molar-refractivity contribution < 1.29 is 33.7 Å². The van der Waals surface area contributed by atoms with Crippen LogP contribution in [-0.2, 0) is 29.4 Å². The number of hydrogen-bond donors (Lipinski definition) is 4. The number of anilines is 1. The number of aromatic nitrogens is 3. The SMILES string of the molecule is CC(C)NC(=O)Nc1ncnn2c([C@]3(C#N)O[C@H](COC(=O)CC4CCCCC4)[C@@H](OC(=O)[C@@H](N)C(C)C)[C@H]3O)ccc12. The quantitative estimate of drug-likeness (QED) is 0.291. The summed E-state index contributed by atoms with van der Waals surface area (Å²) in [6, 6.07) is 3.48. The molecule has 43 heavy (non-hydrogen) atoms. The van der Waals surface area contributed by atoms with E-state index in [0.29, 0.717) is 5.52 Å². The van der Waals surface area contributed by atoms with Crippen LogP contribution in [0.5, 0.6) is 0 Å². The second kappa shape index (κ2) is 13.7. The Bertz CT molecular complexity index is 1350. The Morgan fingerprint density at radius 2 is 1.95 bits per heavy atom. The van der Waals surface area contributed by atoms with Crippen molar-refractivity contribution in [2.75, 3.05) is 11.9 Å². The number of aliphatic hydroxyl groups is 1. The molecular formula is C29H41N7O7. The Morgan fingerprint density at radius 1 is 1.23 bits per heavy atom. The van der Waals surface area contributed by atoms with Crippen molar-refractivity contribution in [2.45, 2.75) is 102 Å². The lowest BCUT2D eigenvalue weighted by atomic mass is 9.87. The molecule has 2 amide bonds. The number of amides is 2. The lowest BCUT2D eigenvalue weighted by Crippen LogP contribution is -2.46. The molecule has 5 N–H and O–H groups in total. The molecule has 0 spiro atoms. The minimum Gasteiger partial charge on any atom is -0.463 e. The van der Waals surface area contributed by atoms with Gasteiger partial charge in [0, 0.05) is 12.5 Å². The molecule has 0 aromatic carbocycles. The standard InChI is InChI=1S/C29H41N7O7/c1-16(2)23(31)27(39)42-24-20(13-41-22(37)12-18-8-6-5-7-9-18)43-29(14-30,25(24)38)21-11-10-19-26(32-15-33-36(19)21)35-28(40)34-17(3)4/h10-11,15-18,20,23-25,38H,5-9,12-13,31H2,1-4H3,(H2,32,33,34,35,40)/t20-,23+,24-,25-,29+/m1/s1. The molecule has 14 nitrogen and oxygen atoms in total. The molecule has 2 fully saturated rings. The van der Waals surface area contributed by atoms with Gasteiger partial charge in [-0.05, 0) is 50.7 Å². The molecule has 1 saturated heterocycles. The first-order valence-corrected chi connectivity index (χ1v) is 14.8. The molecular weight excluding hydrogens is 558 g/mol. The number of rotatable bonds is 10. The topological polar surface area (TPSA) is 203 Å². The fourth-order valence-corrected chi connectivity index (χ4v) is 5.50. The maximum absolute atomic E-state index is 12.9. The second-order valence-corrected chi connectivity index (χ2v) is 11.9. The van der Waals surface area contributed by atoms with Crippen molar-refractivity contribution in [2.24, 2.45) is 17.6 Å². The highest BCUT2D eigenvalue weighted by Gasteiger charge is 2.60. The number of ether oxygens (including phenoxy) is 3. The second-order valence-electron chi connectivity index (χ2n) is 11.9. The summed E-state index contributed by atoms with van der Waals surface area (Å²) in [4.78, 5) is 42.1. The smallest absolute Gasteiger partial charge is 0.323 e. The third-order valence-corrected chi connectivity index (χ3v) is 7.91. The van der Waals surface area contributed by atoms with E-state index < -0.39 is 47.9 Å². The van der Waals surface area contributed by atoms with Crippen LogP contribution in [0.15, 0.2) is 18.5 Å². The summed E-state index contributed by atoms with van der Waals surface area (Å²) < 4.78 is 18.6. The van der Waals surface area contributed by atoms with Crippen LogP contribution in [0.4, 0.5) is 10.6 Å². The first kappa shape index (κ1) is 32.1.